The molecule has 0 saturated carbocycles. The third-order valence-corrected chi connectivity index (χ3v) is 4.23. The summed E-state index contributed by atoms with van der Waals surface area (Å²) in [6, 6.07) is 0. The fourth-order valence-electron chi connectivity index (χ4n) is 2.90. The number of amides is 1. The monoisotopic (exact) mass is 240 g/mol. The summed E-state index contributed by atoms with van der Waals surface area (Å²) < 4.78 is 5.42. The summed E-state index contributed by atoms with van der Waals surface area (Å²) in [7, 11) is 0. The van der Waals surface area contributed by atoms with Crippen molar-refractivity contribution < 1.29 is 9.53 Å². The topological polar surface area (TPSA) is 41.6 Å². The van der Waals surface area contributed by atoms with Crippen LogP contribution >= 0.6 is 0 Å². The van der Waals surface area contributed by atoms with Gasteiger partial charge in [-0.25, -0.2) is 0 Å². The van der Waals surface area contributed by atoms with Crippen molar-refractivity contribution >= 4 is 5.91 Å². The summed E-state index contributed by atoms with van der Waals surface area (Å²) in [5.74, 6) is 0.733. The van der Waals surface area contributed by atoms with E-state index in [0.29, 0.717) is 18.4 Å². The Morgan fingerprint density at radius 3 is 2.82 bits per heavy atom. The Morgan fingerprint density at radius 2 is 2.18 bits per heavy atom. The standard InChI is InChI=1S/C13H24N2O2/c1-11(2)13(4-5-14-10-13)12(16)15-6-3-8-17-9-7-15/h11,14H,3-10H2,1-2H3. The van der Waals surface area contributed by atoms with Crippen molar-refractivity contribution in [2.24, 2.45) is 11.3 Å². The van der Waals surface area contributed by atoms with Gasteiger partial charge in [0.2, 0.25) is 5.91 Å². The van der Waals surface area contributed by atoms with E-state index in [1.807, 2.05) is 4.90 Å². The Balaban J connectivity index is 2.10. The van der Waals surface area contributed by atoms with E-state index >= 15 is 0 Å². The van der Waals surface area contributed by atoms with E-state index in [1.54, 1.807) is 0 Å². The van der Waals surface area contributed by atoms with Gasteiger partial charge < -0.3 is 15.0 Å². The molecule has 2 saturated heterocycles. The zero-order valence-electron chi connectivity index (χ0n) is 11.0. The van der Waals surface area contributed by atoms with Crippen molar-refractivity contribution in [2.45, 2.75) is 26.7 Å². The second-order valence-electron chi connectivity index (χ2n) is 5.50. The highest BCUT2D eigenvalue weighted by molar-refractivity contribution is 5.83. The van der Waals surface area contributed by atoms with Gasteiger partial charge in [0.15, 0.2) is 0 Å². The Morgan fingerprint density at radius 1 is 1.35 bits per heavy atom. The molecule has 4 heteroatoms. The molecule has 0 aromatic carbocycles. The first-order valence-corrected chi connectivity index (χ1v) is 6.75. The predicted octanol–water partition coefficient (Wildman–Crippen LogP) is 0.871. The number of nitrogens with one attached hydrogen (secondary N) is 1. The average molecular weight is 240 g/mol. The molecular weight excluding hydrogens is 216 g/mol. The lowest BCUT2D eigenvalue weighted by Crippen LogP contribution is -2.49. The van der Waals surface area contributed by atoms with Crippen molar-refractivity contribution in [1.29, 1.82) is 0 Å². The SMILES string of the molecule is CC(C)C1(C(=O)N2CCCOCC2)CCNC1. The third kappa shape index (κ3) is 2.47. The van der Waals surface area contributed by atoms with Crippen LogP contribution < -0.4 is 5.32 Å². The van der Waals surface area contributed by atoms with Gasteiger partial charge in [0.1, 0.15) is 0 Å². The molecule has 0 spiro atoms. The summed E-state index contributed by atoms with van der Waals surface area (Å²) in [5.41, 5.74) is -0.176. The lowest BCUT2D eigenvalue weighted by atomic mass is 9.75. The van der Waals surface area contributed by atoms with Crippen molar-refractivity contribution in [3.8, 4) is 0 Å². The van der Waals surface area contributed by atoms with E-state index in [-0.39, 0.29) is 5.41 Å². The molecule has 0 aliphatic carbocycles. The first-order chi connectivity index (χ1) is 8.17. The van der Waals surface area contributed by atoms with E-state index in [2.05, 4.69) is 19.2 Å². The molecule has 2 fully saturated rings. The van der Waals surface area contributed by atoms with Crippen LogP contribution in [0.1, 0.15) is 26.7 Å². The van der Waals surface area contributed by atoms with Crippen molar-refractivity contribution in [1.82, 2.24) is 10.2 Å². The number of rotatable bonds is 2. The first-order valence-electron chi connectivity index (χ1n) is 6.75. The molecule has 4 nitrogen and oxygen atoms in total. The Labute approximate surface area is 104 Å². The lowest BCUT2D eigenvalue weighted by Gasteiger charge is -2.36. The number of nitrogens with zero attached hydrogens (tertiary/aromatic N) is 1. The van der Waals surface area contributed by atoms with Crippen LogP contribution in [-0.2, 0) is 9.53 Å². The zero-order chi connectivity index (χ0) is 12.3. The van der Waals surface area contributed by atoms with Crippen LogP contribution in [0.3, 0.4) is 0 Å². The molecule has 1 unspecified atom stereocenters. The van der Waals surface area contributed by atoms with E-state index in [9.17, 15) is 4.79 Å². The number of hydrogen-bond donors (Lipinski definition) is 1. The van der Waals surface area contributed by atoms with E-state index in [4.69, 9.17) is 4.74 Å². The average Bonchev–Trinajstić information content (AvgIpc) is 2.66. The minimum Gasteiger partial charge on any atom is -0.380 e. The van der Waals surface area contributed by atoms with Crippen LogP contribution in [0.2, 0.25) is 0 Å². The molecule has 2 rings (SSSR count). The van der Waals surface area contributed by atoms with Gasteiger partial charge >= 0.3 is 0 Å². The molecule has 1 N–H and O–H groups in total. The van der Waals surface area contributed by atoms with Crippen LogP contribution in [0.25, 0.3) is 0 Å². The van der Waals surface area contributed by atoms with Crippen LogP contribution in [-0.4, -0.2) is 50.2 Å². The summed E-state index contributed by atoms with van der Waals surface area (Å²) in [6.45, 7) is 9.22. The molecule has 2 aliphatic heterocycles. The van der Waals surface area contributed by atoms with Gasteiger partial charge in [0.05, 0.1) is 12.0 Å². The van der Waals surface area contributed by atoms with Gasteiger partial charge in [-0.1, -0.05) is 13.8 Å². The number of hydrogen-bond acceptors (Lipinski definition) is 3. The van der Waals surface area contributed by atoms with Gasteiger partial charge in [-0.15, -0.1) is 0 Å². The quantitative estimate of drug-likeness (QED) is 0.779. The van der Waals surface area contributed by atoms with Gasteiger partial charge in [-0.3, -0.25) is 4.79 Å². The van der Waals surface area contributed by atoms with Crippen LogP contribution in [0.5, 0.6) is 0 Å². The molecule has 0 radical (unpaired) electrons. The van der Waals surface area contributed by atoms with Gasteiger partial charge in [0.25, 0.3) is 0 Å². The van der Waals surface area contributed by atoms with Crippen molar-refractivity contribution in [3.05, 3.63) is 0 Å². The second kappa shape index (κ2) is 5.36. The normalized spacial score (nSPS) is 30.6. The zero-order valence-corrected chi connectivity index (χ0v) is 11.0. The Hall–Kier alpha value is -0.610. The largest absolute Gasteiger partial charge is 0.380 e. The Kier molecular flexibility index (Phi) is 4.05. The highest BCUT2D eigenvalue weighted by Crippen LogP contribution is 2.36. The Bertz CT molecular complexity index is 265. The maximum absolute atomic E-state index is 12.7. The molecule has 98 valence electrons. The summed E-state index contributed by atoms with van der Waals surface area (Å²) >= 11 is 0. The molecule has 0 bridgehead atoms. The van der Waals surface area contributed by atoms with Gasteiger partial charge in [-0.05, 0) is 25.3 Å². The van der Waals surface area contributed by atoms with Crippen molar-refractivity contribution in [3.63, 3.8) is 0 Å². The smallest absolute Gasteiger partial charge is 0.230 e. The molecule has 1 atom stereocenters. The maximum atomic E-state index is 12.7. The summed E-state index contributed by atoms with van der Waals surface area (Å²) in [5, 5.41) is 3.35. The third-order valence-electron chi connectivity index (χ3n) is 4.23. The molecule has 2 heterocycles. The van der Waals surface area contributed by atoms with E-state index < -0.39 is 0 Å². The highest BCUT2D eigenvalue weighted by Gasteiger charge is 2.45. The summed E-state index contributed by atoms with van der Waals surface area (Å²) in [4.78, 5) is 14.8. The minimum atomic E-state index is -0.176. The maximum Gasteiger partial charge on any atom is 0.230 e. The van der Waals surface area contributed by atoms with Gasteiger partial charge in [0, 0.05) is 26.2 Å². The number of carbonyl (C=O) groups excluding carboxylic acids is 1. The molecular formula is C13H24N2O2. The fraction of sp³-hybridized carbons (Fsp3) is 0.923. The molecule has 2 aliphatic rings. The molecule has 0 aromatic heterocycles. The predicted molar refractivity (Wildman–Crippen MR) is 66.8 cm³/mol. The van der Waals surface area contributed by atoms with Crippen LogP contribution in [0.15, 0.2) is 0 Å². The lowest BCUT2D eigenvalue weighted by molar-refractivity contribution is -0.143. The molecule has 17 heavy (non-hydrogen) atoms. The first kappa shape index (κ1) is 12.8. The van der Waals surface area contributed by atoms with Gasteiger partial charge in [-0.2, -0.15) is 0 Å². The van der Waals surface area contributed by atoms with Crippen LogP contribution in [0.4, 0.5) is 0 Å². The summed E-state index contributed by atoms with van der Waals surface area (Å²) in [6.07, 6.45) is 1.94. The number of carbonyl (C=O) groups is 1. The molecule has 1 amide bonds. The van der Waals surface area contributed by atoms with E-state index in [0.717, 1.165) is 45.6 Å². The minimum absolute atomic E-state index is 0.176. The van der Waals surface area contributed by atoms with Crippen molar-refractivity contribution in [2.75, 3.05) is 39.4 Å². The van der Waals surface area contributed by atoms with E-state index in [1.165, 1.54) is 0 Å². The molecule has 0 aromatic rings. The van der Waals surface area contributed by atoms with Crippen LogP contribution in [0, 0.1) is 11.3 Å². The number of ether oxygens (including phenoxy) is 1. The fourth-order valence-corrected chi connectivity index (χ4v) is 2.90. The highest BCUT2D eigenvalue weighted by atomic mass is 16.5. The second-order valence-corrected chi connectivity index (χ2v) is 5.50.